The molecule has 1 nitrogen and oxygen atoms in total. The molecular weight excluding hydrogens is 240 g/mol. The van der Waals surface area contributed by atoms with E-state index in [4.69, 9.17) is 4.43 Å². The Morgan fingerprint density at radius 1 is 1.18 bits per heavy atom. The molecule has 0 aromatic heterocycles. The van der Waals surface area contributed by atoms with Gasteiger partial charge in [-0.05, 0) is 25.9 Å². The second-order valence-electron chi connectivity index (χ2n) is 6.04. The van der Waals surface area contributed by atoms with E-state index in [2.05, 4.69) is 51.1 Å². The molecule has 0 heterocycles. The first kappa shape index (κ1) is 17.0. The van der Waals surface area contributed by atoms with Gasteiger partial charge in [-0.3, -0.25) is 0 Å². The Balaban J connectivity index is 4.01. The van der Waals surface area contributed by atoms with Crippen LogP contribution < -0.4 is 0 Å². The maximum absolute atomic E-state index is 6.07. The molecule has 17 heavy (non-hydrogen) atoms. The first-order chi connectivity index (χ1) is 7.85. The molecule has 0 amide bonds. The van der Waals surface area contributed by atoms with E-state index in [1.807, 2.05) is 0 Å². The summed E-state index contributed by atoms with van der Waals surface area (Å²) in [6.07, 6.45) is 6.38. The molecule has 0 aromatic carbocycles. The summed E-state index contributed by atoms with van der Waals surface area (Å²) in [5, 5.41) is 0. The van der Waals surface area contributed by atoms with Crippen LogP contribution in [0.4, 0.5) is 0 Å². The zero-order chi connectivity index (χ0) is 13.3. The van der Waals surface area contributed by atoms with Gasteiger partial charge in [0.25, 0.3) is 0 Å². The standard InChI is InChI=1S/C14H30OSi2/c1-7-8-11-14(15-16(2)3)12-9-10-13-17(4,5)6/h14,16H,7-9,11-12H2,1-6H3. The Bertz CT molecular complexity index is 245. The van der Waals surface area contributed by atoms with E-state index in [1.54, 1.807) is 0 Å². The van der Waals surface area contributed by atoms with Crippen molar-refractivity contribution in [3.63, 3.8) is 0 Å². The van der Waals surface area contributed by atoms with Gasteiger partial charge in [-0.15, -0.1) is 11.5 Å². The highest BCUT2D eigenvalue weighted by molar-refractivity contribution is 6.83. The first-order valence-electron chi connectivity index (χ1n) is 7.00. The normalized spacial score (nSPS) is 13.4. The maximum atomic E-state index is 6.07. The predicted octanol–water partition coefficient (Wildman–Crippen LogP) is 4.21. The molecule has 0 saturated heterocycles. The molecule has 0 aliphatic heterocycles. The molecule has 1 unspecified atom stereocenters. The summed E-state index contributed by atoms with van der Waals surface area (Å²) in [4.78, 5) is 0. The van der Waals surface area contributed by atoms with Crippen LogP contribution in [-0.4, -0.2) is 23.2 Å². The Labute approximate surface area is 111 Å². The molecule has 0 rings (SSSR count). The van der Waals surface area contributed by atoms with E-state index in [9.17, 15) is 0 Å². The Kier molecular flexibility index (Phi) is 8.94. The van der Waals surface area contributed by atoms with E-state index < -0.39 is 17.1 Å². The van der Waals surface area contributed by atoms with Crippen LogP contribution in [-0.2, 0) is 4.43 Å². The molecule has 0 saturated carbocycles. The van der Waals surface area contributed by atoms with Crippen LogP contribution >= 0.6 is 0 Å². The molecule has 0 aliphatic rings. The lowest BCUT2D eigenvalue weighted by Crippen LogP contribution is -2.21. The molecule has 1 atom stereocenters. The van der Waals surface area contributed by atoms with E-state index in [0.717, 1.165) is 12.8 Å². The molecule has 0 spiro atoms. The fraction of sp³-hybridized carbons (Fsp3) is 0.857. The van der Waals surface area contributed by atoms with E-state index >= 15 is 0 Å². The minimum Gasteiger partial charge on any atom is -0.418 e. The Morgan fingerprint density at radius 3 is 2.29 bits per heavy atom. The van der Waals surface area contributed by atoms with Gasteiger partial charge in [0.1, 0.15) is 8.07 Å². The Hall–Kier alpha value is -0.0462. The highest BCUT2D eigenvalue weighted by Crippen LogP contribution is 2.12. The van der Waals surface area contributed by atoms with Crippen molar-refractivity contribution in [1.29, 1.82) is 0 Å². The molecular formula is C14H30OSi2. The fourth-order valence-corrected chi connectivity index (χ4v) is 3.36. The Morgan fingerprint density at radius 2 is 1.82 bits per heavy atom. The molecule has 0 fully saturated rings. The van der Waals surface area contributed by atoms with Crippen molar-refractivity contribution in [2.24, 2.45) is 0 Å². The SMILES string of the molecule is CCCCC(CCC#C[Si](C)(C)C)O[SiH](C)C. The number of unbranched alkanes of at least 4 members (excludes halogenated alkanes) is 1. The van der Waals surface area contributed by atoms with E-state index in [-0.39, 0.29) is 0 Å². The lowest BCUT2D eigenvalue weighted by atomic mass is 10.1. The lowest BCUT2D eigenvalue weighted by Gasteiger charge is -2.19. The van der Waals surface area contributed by atoms with Crippen molar-refractivity contribution in [1.82, 2.24) is 0 Å². The van der Waals surface area contributed by atoms with Crippen LogP contribution in [0.1, 0.15) is 39.0 Å². The summed E-state index contributed by atoms with van der Waals surface area (Å²) in [5.74, 6) is 3.35. The van der Waals surface area contributed by atoms with Crippen molar-refractivity contribution in [2.75, 3.05) is 0 Å². The minimum atomic E-state index is -1.18. The molecule has 0 aromatic rings. The fourth-order valence-electron chi connectivity index (χ4n) is 1.66. The molecule has 100 valence electrons. The smallest absolute Gasteiger partial charge is 0.171 e. The summed E-state index contributed by atoms with van der Waals surface area (Å²) in [7, 11) is -2.08. The number of hydrogen-bond donors (Lipinski definition) is 0. The largest absolute Gasteiger partial charge is 0.418 e. The number of hydrogen-bond acceptors (Lipinski definition) is 1. The summed E-state index contributed by atoms with van der Waals surface area (Å²) in [5.41, 5.74) is 3.43. The molecule has 0 bridgehead atoms. The maximum Gasteiger partial charge on any atom is 0.171 e. The van der Waals surface area contributed by atoms with Crippen molar-refractivity contribution in [3.05, 3.63) is 0 Å². The zero-order valence-electron chi connectivity index (χ0n) is 12.6. The van der Waals surface area contributed by atoms with Crippen molar-refractivity contribution >= 4 is 17.1 Å². The second kappa shape index (κ2) is 8.96. The van der Waals surface area contributed by atoms with E-state index in [0.29, 0.717) is 6.10 Å². The first-order valence-corrected chi connectivity index (χ1v) is 13.3. The average molecular weight is 271 g/mol. The van der Waals surface area contributed by atoms with Gasteiger partial charge < -0.3 is 4.43 Å². The summed E-state index contributed by atoms with van der Waals surface area (Å²) in [6, 6.07) is 0. The van der Waals surface area contributed by atoms with Gasteiger partial charge in [0.15, 0.2) is 9.04 Å². The minimum absolute atomic E-state index is 0.470. The van der Waals surface area contributed by atoms with Crippen molar-refractivity contribution in [2.45, 2.75) is 77.9 Å². The van der Waals surface area contributed by atoms with Gasteiger partial charge in [0, 0.05) is 12.5 Å². The average Bonchev–Trinajstić information content (AvgIpc) is 2.18. The van der Waals surface area contributed by atoms with Crippen LogP contribution in [0.3, 0.4) is 0 Å². The topological polar surface area (TPSA) is 9.23 Å². The molecule has 3 heteroatoms. The summed E-state index contributed by atoms with van der Waals surface area (Å²) < 4.78 is 6.07. The van der Waals surface area contributed by atoms with Gasteiger partial charge in [-0.2, -0.15) is 0 Å². The highest BCUT2D eigenvalue weighted by Gasteiger charge is 2.11. The third-order valence-corrected chi connectivity index (χ3v) is 4.25. The van der Waals surface area contributed by atoms with Gasteiger partial charge >= 0.3 is 0 Å². The molecule has 0 radical (unpaired) electrons. The quantitative estimate of drug-likeness (QED) is 0.497. The van der Waals surface area contributed by atoms with Gasteiger partial charge in [0.2, 0.25) is 0 Å². The predicted molar refractivity (Wildman–Crippen MR) is 83.6 cm³/mol. The summed E-state index contributed by atoms with van der Waals surface area (Å²) in [6.45, 7) is 13.7. The number of rotatable bonds is 7. The third kappa shape index (κ3) is 12.2. The summed E-state index contributed by atoms with van der Waals surface area (Å²) >= 11 is 0. The van der Waals surface area contributed by atoms with Crippen molar-refractivity contribution in [3.8, 4) is 11.5 Å². The van der Waals surface area contributed by atoms with E-state index in [1.165, 1.54) is 19.3 Å². The van der Waals surface area contributed by atoms with Crippen LogP contribution in [0, 0.1) is 11.5 Å². The monoisotopic (exact) mass is 270 g/mol. The van der Waals surface area contributed by atoms with Crippen LogP contribution in [0.15, 0.2) is 0 Å². The van der Waals surface area contributed by atoms with Gasteiger partial charge in [0.05, 0.1) is 0 Å². The second-order valence-corrected chi connectivity index (χ2v) is 13.2. The van der Waals surface area contributed by atoms with Crippen LogP contribution in [0.25, 0.3) is 0 Å². The van der Waals surface area contributed by atoms with Crippen LogP contribution in [0.5, 0.6) is 0 Å². The van der Waals surface area contributed by atoms with Gasteiger partial charge in [-0.25, -0.2) is 0 Å². The highest BCUT2D eigenvalue weighted by atomic mass is 28.3. The van der Waals surface area contributed by atoms with Crippen LogP contribution in [0.2, 0.25) is 32.7 Å². The molecule has 0 N–H and O–H groups in total. The third-order valence-electron chi connectivity index (χ3n) is 2.40. The lowest BCUT2D eigenvalue weighted by molar-refractivity contribution is 0.182. The zero-order valence-corrected chi connectivity index (χ0v) is 14.8. The molecule has 0 aliphatic carbocycles. The van der Waals surface area contributed by atoms with Gasteiger partial charge in [-0.1, -0.05) is 39.4 Å². The van der Waals surface area contributed by atoms with Crippen molar-refractivity contribution < 1.29 is 4.43 Å².